The first-order chi connectivity index (χ1) is 17.4. The van der Waals surface area contributed by atoms with E-state index in [0.29, 0.717) is 17.4 Å². The molecule has 8 heteroatoms. The fraction of sp³-hybridized carbons (Fsp3) is 0.179. The van der Waals surface area contributed by atoms with Gasteiger partial charge in [-0.15, -0.1) is 23.1 Å². The van der Waals surface area contributed by atoms with Crippen LogP contribution in [0.5, 0.6) is 0 Å². The Morgan fingerprint density at radius 1 is 0.972 bits per heavy atom. The van der Waals surface area contributed by atoms with Gasteiger partial charge < -0.3 is 16.0 Å². The molecule has 0 aliphatic rings. The summed E-state index contributed by atoms with van der Waals surface area (Å²) in [5.41, 5.74) is 11.4. The van der Waals surface area contributed by atoms with Crippen molar-refractivity contribution in [3.63, 3.8) is 0 Å². The molecule has 2 amide bonds. The number of hydrogen-bond acceptors (Lipinski definition) is 6. The fourth-order valence-electron chi connectivity index (χ4n) is 3.81. The van der Waals surface area contributed by atoms with Gasteiger partial charge in [0.25, 0.3) is 0 Å². The molecule has 4 aromatic rings. The first kappa shape index (κ1) is 25.5. The number of amides is 2. The van der Waals surface area contributed by atoms with Crippen LogP contribution in [0.25, 0.3) is 11.3 Å². The standard InChI is InChI=1S/C28H28N4O2S2/c1-19-7-6-8-20(2)27(19)35-18-26(34)32(15-21-9-4-3-5-10-21)16-25(33)30-23-13-11-22(12-14-23)24-17-36-28(29)31-24/h3-14,17H,15-16,18H2,1-2H3,(H2,29,31)(H,30,33). The number of anilines is 2. The van der Waals surface area contributed by atoms with Crippen LogP contribution in [0.3, 0.4) is 0 Å². The lowest BCUT2D eigenvalue weighted by molar-refractivity contribution is -0.132. The van der Waals surface area contributed by atoms with Gasteiger partial charge in [0.05, 0.1) is 11.4 Å². The smallest absolute Gasteiger partial charge is 0.244 e. The number of carbonyl (C=O) groups is 2. The summed E-state index contributed by atoms with van der Waals surface area (Å²) in [5, 5.41) is 5.32. The number of aromatic nitrogens is 1. The van der Waals surface area contributed by atoms with E-state index in [2.05, 4.69) is 10.3 Å². The van der Waals surface area contributed by atoms with Crippen molar-refractivity contribution < 1.29 is 9.59 Å². The van der Waals surface area contributed by atoms with Gasteiger partial charge in [-0.1, -0.05) is 60.7 Å². The second-order valence-corrected chi connectivity index (χ2v) is 10.3. The number of thiazole rings is 1. The third-order valence-corrected chi connectivity index (χ3v) is 7.64. The Bertz CT molecular complexity index is 1320. The number of nitrogen functional groups attached to an aromatic ring is 1. The number of nitrogens with zero attached hydrogens (tertiary/aromatic N) is 2. The summed E-state index contributed by atoms with van der Waals surface area (Å²) < 4.78 is 0. The zero-order valence-corrected chi connectivity index (χ0v) is 21.9. The molecule has 0 saturated carbocycles. The summed E-state index contributed by atoms with van der Waals surface area (Å²) >= 11 is 2.90. The van der Waals surface area contributed by atoms with Crippen LogP contribution in [0.1, 0.15) is 16.7 Å². The molecule has 0 aliphatic carbocycles. The molecule has 0 aliphatic heterocycles. The first-order valence-electron chi connectivity index (χ1n) is 11.5. The number of carbonyl (C=O) groups excluding carboxylic acids is 2. The van der Waals surface area contributed by atoms with Crippen LogP contribution in [-0.2, 0) is 16.1 Å². The largest absolute Gasteiger partial charge is 0.375 e. The van der Waals surface area contributed by atoms with Gasteiger partial charge in [0, 0.05) is 28.1 Å². The van der Waals surface area contributed by atoms with Crippen LogP contribution in [-0.4, -0.2) is 34.0 Å². The maximum Gasteiger partial charge on any atom is 0.244 e. The Kier molecular flexibility index (Phi) is 8.40. The van der Waals surface area contributed by atoms with Crippen molar-refractivity contribution in [2.24, 2.45) is 0 Å². The Balaban J connectivity index is 1.42. The van der Waals surface area contributed by atoms with E-state index in [1.165, 1.54) is 23.1 Å². The number of thioether (sulfide) groups is 1. The number of benzene rings is 3. The minimum absolute atomic E-state index is 0.0363. The number of nitrogens with two attached hydrogens (primary N) is 1. The van der Waals surface area contributed by atoms with Crippen LogP contribution in [0, 0.1) is 13.8 Å². The Labute approximate surface area is 219 Å². The van der Waals surface area contributed by atoms with E-state index in [4.69, 9.17) is 5.73 Å². The molecule has 1 aromatic heterocycles. The molecule has 6 nitrogen and oxygen atoms in total. The Hall–Kier alpha value is -3.62. The summed E-state index contributed by atoms with van der Waals surface area (Å²) in [6.45, 7) is 4.42. The second-order valence-electron chi connectivity index (χ2n) is 8.44. The van der Waals surface area contributed by atoms with Crippen LogP contribution in [0.2, 0.25) is 0 Å². The SMILES string of the molecule is Cc1cccc(C)c1SCC(=O)N(CC(=O)Nc1ccc(-c2csc(N)n2)cc1)Cc1ccccc1. The third-order valence-electron chi connectivity index (χ3n) is 5.64. The maximum absolute atomic E-state index is 13.2. The van der Waals surface area contributed by atoms with E-state index in [-0.39, 0.29) is 24.1 Å². The van der Waals surface area contributed by atoms with E-state index in [0.717, 1.165) is 32.8 Å². The van der Waals surface area contributed by atoms with E-state index in [1.54, 1.807) is 4.90 Å². The van der Waals surface area contributed by atoms with E-state index in [1.807, 2.05) is 92.0 Å². The molecule has 0 unspecified atom stereocenters. The summed E-state index contributed by atoms with van der Waals surface area (Å²) in [4.78, 5) is 33.2. The highest BCUT2D eigenvalue weighted by molar-refractivity contribution is 8.00. The van der Waals surface area contributed by atoms with Crippen molar-refractivity contribution in [3.05, 3.63) is 94.9 Å². The predicted molar refractivity (Wildman–Crippen MR) is 149 cm³/mol. The van der Waals surface area contributed by atoms with E-state index >= 15 is 0 Å². The average Bonchev–Trinajstić information content (AvgIpc) is 3.30. The van der Waals surface area contributed by atoms with E-state index in [9.17, 15) is 9.59 Å². The number of hydrogen-bond donors (Lipinski definition) is 2. The molecule has 0 fully saturated rings. The van der Waals surface area contributed by atoms with Crippen molar-refractivity contribution in [2.75, 3.05) is 23.3 Å². The molecule has 36 heavy (non-hydrogen) atoms. The molecule has 0 atom stereocenters. The van der Waals surface area contributed by atoms with Crippen molar-refractivity contribution in [2.45, 2.75) is 25.3 Å². The first-order valence-corrected chi connectivity index (χ1v) is 13.4. The molecule has 4 rings (SSSR count). The van der Waals surface area contributed by atoms with Gasteiger partial charge in [-0.05, 0) is 42.7 Å². The van der Waals surface area contributed by atoms with Crippen LogP contribution in [0.4, 0.5) is 10.8 Å². The summed E-state index contributed by atoms with van der Waals surface area (Å²) in [6, 6.07) is 23.2. The third kappa shape index (κ3) is 6.74. The molecule has 1 heterocycles. The highest BCUT2D eigenvalue weighted by Crippen LogP contribution is 2.27. The molecule has 3 aromatic carbocycles. The van der Waals surface area contributed by atoms with Gasteiger partial charge in [-0.3, -0.25) is 9.59 Å². The molecule has 0 radical (unpaired) electrons. The number of rotatable bonds is 9. The highest BCUT2D eigenvalue weighted by Gasteiger charge is 2.19. The molecule has 0 spiro atoms. The van der Waals surface area contributed by atoms with Crippen molar-refractivity contribution in [1.29, 1.82) is 0 Å². The monoisotopic (exact) mass is 516 g/mol. The summed E-state index contributed by atoms with van der Waals surface area (Å²) in [5.74, 6) is -0.0720. The van der Waals surface area contributed by atoms with Crippen LogP contribution < -0.4 is 11.1 Å². The molecular weight excluding hydrogens is 488 g/mol. The normalized spacial score (nSPS) is 10.7. The summed E-state index contributed by atoms with van der Waals surface area (Å²) in [7, 11) is 0. The quantitative estimate of drug-likeness (QED) is 0.276. The topological polar surface area (TPSA) is 88.3 Å². The van der Waals surface area contributed by atoms with Gasteiger partial charge in [-0.2, -0.15) is 0 Å². The average molecular weight is 517 g/mol. The lowest BCUT2D eigenvalue weighted by Gasteiger charge is -2.23. The van der Waals surface area contributed by atoms with Crippen molar-refractivity contribution >= 4 is 45.7 Å². The maximum atomic E-state index is 13.2. The minimum Gasteiger partial charge on any atom is -0.375 e. The van der Waals surface area contributed by atoms with Gasteiger partial charge in [0.1, 0.15) is 6.54 Å². The van der Waals surface area contributed by atoms with Gasteiger partial charge in [0.2, 0.25) is 11.8 Å². The molecule has 0 bridgehead atoms. The predicted octanol–water partition coefficient (Wildman–Crippen LogP) is 5.77. The molecule has 184 valence electrons. The number of nitrogens with one attached hydrogen (secondary N) is 1. The van der Waals surface area contributed by atoms with Crippen LogP contribution in [0.15, 0.2) is 83.1 Å². The van der Waals surface area contributed by atoms with Crippen molar-refractivity contribution in [3.8, 4) is 11.3 Å². The summed E-state index contributed by atoms with van der Waals surface area (Å²) in [6.07, 6.45) is 0. The minimum atomic E-state index is -0.248. The van der Waals surface area contributed by atoms with Crippen molar-refractivity contribution in [1.82, 2.24) is 9.88 Å². The van der Waals surface area contributed by atoms with Crippen LogP contribution >= 0.6 is 23.1 Å². The zero-order chi connectivity index (χ0) is 25.5. The highest BCUT2D eigenvalue weighted by atomic mass is 32.2. The molecular formula is C28H28N4O2S2. The van der Waals surface area contributed by atoms with Gasteiger partial charge >= 0.3 is 0 Å². The lowest BCUT2D eigenvalue weighted by Crippen LogP contribution is -2.38. The second kappa shape index (κ2) is 11.9. The lowest BCUT2D eigenvalue weighted by atomic mass is 10.1. The zero-order valence-electron chi connectivity index (χ0n) is 20.2. The Morgan fingerprint density at radius 3 is 2.31 bits per heavy atom. The van der Waals surface area contributed by atoms with Gasteiger partial charge in [-0.25, -0.2) is 4.98 Å². The molecule has 0 saturated heterocycles. The van der Waals surface area contributed by atoms with Gasteiger partial charge in [0.15, 0.2) is 5.13 Å². The Morgan fingerprint density at radius 2 is 1.67 bits per heavy atom. The molecule has 3 N–H and O–H groups in total. The number of aryl methyl sites for hydroxylation is 2. The van der Waals surface area contributed by atoms with E-state index < -0.39 is 0 Å². The fourth-order valence-corrected chi connectivity index (χ4v) is 5.42.